The first-order valence-corrected chi connectivity index (χ1v) is 12.4. The molecule has 3 aromatic carbocycles. The topological polar surface area (TPSA) is 64.4 Å². The third-order valence-corrected chi connectivity index (χ3v) is 6.78. The lowest BCUT2D eigenvalue weighted by Gasteiger charge is -2.12. The number of hydrogen-bond acceptors (Lipinski definition) is 4. The lowest BCUT2D eigenvalue weighted by molar-refractivity contribution is -0.118. The summed E-state index contributed by atoms with van der Waals surface area (Å²) in [6.45, 7) is 10.7. The lowest BCUT2D eigenvalue weighted by Crippen LogP contribution is -2.20. The number of carbonyl (C=O) groups excluding carboxylic acids is 1. The van der Waals surface area contributed by atoms with Crippen molar-refractivity contribution < 1.29 is 13.9 Å². The Hall–Kier alpha value is -3.60. The number of oxazole rings is 1. The molecule has 0 fully saturated rings. The summed E-state index contributed by atoms with van der Waals surface area (Å²) in [7, 11) is 0. The average molecular weight is 471 g/mol. The van der Waals surface area contributed by atoms with Gasteiger partial charge in [0.15, 0.2) is 12.2 Å². The van der Waals surface area contributed by atoms with Gasteiger partial charge in [-0.05, 0) is 84.7 Å². The second-order valence-corrected chi connectivity index (χ2v) is 9.30. The summed E-state index contributed by atoms with van der Waals surface area (Å²) in [5, 5.41) is 2.96. The number of carbonyl (C=O) groups is 1. The number of nitrogens with zero attached hydrogens (tertiary/aromatic N) is 1. The molecule has 0 saturated carbocycles. The van der Waals surface area contributed by atoms with Crippen molar-refractivity contribution in [1.82, 2.24) is 4.98 Å². The molecule has 1 heterocycles. The highest BCUT2D eigenvalue weighted by Crippen LogP contribution is 2.30. The van der Waals surface area contributed by atoms with Gasteiger partial charge in [-0.15, -0.1) is 0 Å². The first kappa shape index (κ1) is 24.5. The third kappa shape index (κ3) is 5.73. The molecule has 2 atom stereocenters. The lowest BCUT2D eigenvalue weighted by atomic mass is 9.98. The van der Waals surface area contributed by atoms with E-state index < -0.39 is 0 Å². The third-order valence-electron chi connectivity index (χ3n) is 6.78. The first-order chi connectivity index (χ1) is 16.9. The van der Waals surface area contributed by atoms with E-state index in [0.717, 1.165) is 35.1 Å². The number of hydrogen-bond donors (Lipinski definition) is 1. The van der Waals surface area contributed by atoms with Gasteiger partial charge in [0.2, 0.25) is 5.89 Å². The summed E-state index contributed by atoms with van der Waals surface area (Å²) < 4.78 is 11.7. The Kier molecular flexibility index (Phi) is 7.54. The van der Waals surface area contributed by atoms with Gasteiger partial charge < -0.3 is 14.5 Å². The van der Waals surface area contributed by atoms with E-state index in [1.54, 1.807) is 0 Å². The standard InChI is InChI=1S/C30H34N2O3/c1-6-19(3)22-10-13-25(14-11-22)34-18-29(33)31-26-17-24(9-8-21(26)5)30-32-27-16-23(20(4)7-2)12-15-28(27)35-30/h8-17,19-20H,6-7,18H2,1-5H3,(H,31,33)/t19-,20-/m0/s1. The molecular formula is C30H34N2O3. The Labute approximate surface area is 207 Å². The van der Waals surface area contributed by atoms with Crippen molar-refractivity contribution in [3.8, 4) is 17.2 Å². The fraction of sp³-hybridized carbons (Fsp3) is 0.333. The number of ether oxygens (including phenoxy) is 1. The van der Waals surface area contributed by atoms with Gasteiger partial charge in [-0.25, -0.2) is 4.98 Å². The average Bonchev–Trinajstić information content (AvgIpc) is 3.31. The predicted molar refractivity (Wildman–Crippen MR) is 142 cm³/mol. The van der Waals surface area contributed by atoms with Crippen molar-refractivity contribution in [2.24, 2.45) is 0 Å². The van der Waals surface area contributed by atoms with Crippen LogP contribution < -0.4 is 10.1 Å². The number of aromatic nitrogens is 1. The van der Waals surface area contributed by atoms with Gasteiger partial charge in [-0.1, -0.05) is 52.0 Å². The summed E-state index contributed by atoms with van der Waals surface area (Å²) in [6, 6.07) is 19.9. The molecule has 0 unspecified atom stereocenters. The molecule has 0 aliphatic heterocycles. The minimum absolute atomic E-state index is 0.0619. The minimum Gasteiger partial charge on any atom is -0.484 e. The van der Waals surface area contributed by atoms with E-state index in [1.165, 1.54) is 11.1 Å². The Balaban J connectivity index is 1.45. The maximum atomic E-state index is 12.6. The summed E-state index contributed by atoms with van der Waals surface area (Å²) >= 11 is 0. The van der Waals surface area contributed by atoms with Crippen LogP contribution in [0.5, 0.6) is 5.75 Å². The fourth-order valence-electron chi connectivity index (χ4n) is 3.96. The van der Waals surface area contributed by atoms with Crippen molar-refractivity contribution >= 4 is 22.7 Å². The van der Waals surface area contributed by atoms with E-state index in [-0.39, 0.29) is 12.5 Å². The first-order valence-electron chi connectivity index (χ1n) is 12.4. The molecule has 35 heavy (non-hydrogen) atoms. The van der Waals surface area contributed by atoms with E-state index in [1.807, 2.05) is 43.3 Å². The van der Waals surface area contributed by atoms with Crippen LogP contribution in [0, 0.1) is 6.92 Å². The number of rotatable bonds is 9. The van der Waals surface area contributed by atoms with Crippen LogP contribution in [0.15, 0.2) is 65.1 Å². The number of benzene rings is 3. The van der Waals surface area contributed by atoms with Crippen LogP contribution in [-0.4, -0.2) is 17.5 Å². The molecule has 4 rings (SSSR count). The van der Waals surface area contributed by atoms with Crippen molar-refractivity contribution in [1.29, 1.82) is 0 Å². The number of anilines is 1. The zero-order valence-electron chi connectivity index (χ0n) is 21.2. The zero-order chi connectivity index (χ0) is 24.9. The molecule has 5 nitrogen and oxygen atoms in total. The largest absolute Gasteiger partial charge is 0.484 e. The quantitative estimate of drug-likeness (QED) is 0.270. The summed E-state index contributed by atoms with van der Waals surface area (Å²) in [5.74, 6) is 1.98. The molecule has 0 saturated heterocycles. The molecule has 0 aliphatic rings. The van der Waals surface area contributed by atoms with Gasteiger partial charge >= 0.3 is 0 Å². The van der Waals surface area contributed by atoms with E-state index >= 15 is 0 Å². The summed E-state index contributed by atoms with van der Waals surface area (Å²) in [5.41, 5.74) is 6.61. The molecule has 0 bridgehead atoms. The molecule has 4 aromatic rings. The smallest absolute Gasteiger partial charge is 0.262 e. The number of amides is 1. The van der Waals surface area contributed by atoms with Crippen LogP contribution in [0.1, 0.15) is 69.1 Å². The number of aryl methyl sites for hydroxylation is 1. The normalized spacial score (nSPS) is 12.9. The van der Waals surface area contributed by atoms with Crippen molar-refractivity contribution in [2.75, 3.05) is 11.9 Å². The van der Waals surface area contributed by atoms with Crippen LogP contribution in [-0.2, 0) is 4.79 Å². The minimum atomic E-state index is -0.216. The van der Waals surface area contributed by atoms with Crippen LogP contribution in [0.4, 0.5) is 5.69 Å². The van der Waals surface area contributed by atoms with Crippen LogP contribution in [0.3, 0.4) is 0 Å². The highest BCUT2D eigenvalue weighted by atomic mass is 16.5. The molecule has 0 spiro atoms. The van der Waals surface area contributed by atoms with E-state index in [0.29, 0.717) is 29.2 Å². The monoisotopic (exact) mass is 470 g/mol. The number of nitrogens with one attached hydrogen (secondary N) is 1. The second kappa shape index (κ2) is 10.8. The molecule has 182 valence electrons. The van der Waals surface area contributed by atoms with Gasteiger partial charge in [0.25, 0.3) is 5.91 Å². The molecule has 1 N–H and O–H groups in total. The summed E-state index contributed by atoms with van der Waals surface area (Å²) in [4.78, 5) is 17.3. The van der Waals surface area contributed by atoms with Gasteiger partial charge in [-0.3, -0.25) is 4.79 Å². The Morgan fingerprint density at radius 1 is 0.943 bits per heavy atom. The maximum absolute atomic E-state index is 12.6. The van der Waals surface area contributed by atoms with Gasteiger partial charge in [0, 0.05) is 11.3 Å². The van der Waals surface area contributed by atoms with E-state index in [4.69, 9.17) is 14.1 Å². The fourth-order valence-corrected chi connectivity index (χ4v) is 3.96. The zero-order valence-corrected chi connectivity index (χ0v) is 21.2. The van der Waals surface area contributed by atoms with Crippen molar-refractivity contribution in [3.05, 3.63) is 77.4 Å². The SMILES string of the molecule is CC[C@H](C)c1ccc(OCC(=O)Nc2cc(-c3nc4cc([C@@H](C)CC)ccc4o3)ccc2C)cc1. The molecule has 5 heteroatoms. The maximum Gasteiger partial charge on any atom is 0.262 e. The van der Waals surface area contributed by atoms with Crippen LogP contribution in [0.2, 0.25) is 0 Å². The predicted octanol–water partition coefficient (Wildman–Crippen LogP) is 7.85. The number of fused-ring (bicyclic) bond motifs is 1. The van der Waals surface area contributed by atoms with Gasteiger partial charge in [0.1, 0.15) is 11.3 Å². The Morgan fingerprint density at radius 3 is 2.34 bits per heavy atom. The second-order valence-electron chi connectivity index (χ2n) is 9.30. The summed E-state index contributed by atoms with van der Waals surface area (Å²) in [6.07, 6.45) is 2.16. The molecule has 1 amide bonds. The van der Waals surface area contributed by atoms with Crippen molar-refractivity contribution in [2.45, 2.75) is 59.3 Å². The van der Waals surface area contributed by atoms with E-state index in [2.05, 4.69) is 57.3 Å². The Morgan fingerprint density at radius 2 is 1.63 bits per heavy atom. The van der Waals surface area contributed by atoms with E-state index in [9.17, 15) is 4.79 Å². The highest BCUT2D eigenvalue weighted by molar-refractivity contribution is 5.93. The Bertz CT molecular complexity index is 1310. The molecule has 0 radical (unpaired) electrons. The van der Waals surface area contributed by atoms with Crippen LogP contribution in [0.25, 0.3) is 22.6 Å². The van der Waals surface area contributed by atoms with Gasteiger partial charge in [-0.2, -0.15) is 0 Å². The van der Waals surface area contributed by atoms with Crippen molar-refractivity contribution in [3.63, 3.8) is 0 Å². The molecular weight excluding hydrogens is 436 g/mol. The van der Waals surface area contributed by atoms with Crippen LogP contribution >= 0.6 is 0 Å². The molecule has 0 aliphatic carbocycles. The van der Waals surface area contributed by atoms with Gasteiger partial charge in [0.05, 0.1) is 0 Å². The highest BCUT2D eigenvalue weighted by Gasteiger charge is 2.14. The molecule has 1 aromatic heterocycles.